The predicted molar refractivity (Wildman–Crippen MR) is 78.4 cm³/mol. The van der Waals surface area contributed by atoms with Gasteiger partial charge in [-0.2, -0.15) is 5.10 Å². The van der Waals surface area contributed by atoms with Gasteiger partial charge in [-0.3, -0.25) is 4.79 Å². The summed E-state index contributed by atoms with van der Waals surface area (Å²) in [6.07, 6.45) is 5.48. The van der Waals surface area contributed by atoms with Gasteiger partial charge in [0.2, 0.25) is 0 Å². The molecule has 0 aliphatic carbocycles. The highest BCUT2D eigenvalue weighted by molar-refractivity contribution is 9.10. The number of hydrogen-bond acceptors (Lipinski definition) is 4. The summed E-state index contributed by atoms with van der Waals surface area (Å²) in [7, 11) is 0. The molecule has 1 aromatic heterocycles. The Kier molecular flexibility index (Phi) is 5.15. The molecule has 1 unspecified atom stereocenters. The largest absolute Gasteiger partial charge is 0.383 e. The minimum absolute atomic E-state index is 0.144. The lowest BCUT2D eigenvalue weighted by Gasteiger charge is -2.11. The molecule has 19 heavy (non-hydrogen) atoms. The van der Waals surface area contributed by atoms with E-state index >= 15 is 0 Å². The third-order valence-electron chi connectivity index (χ3n) is 3.18. The van der Waals surface area contributed by atoms with Gasteiger partial charge in [-0.05, 0) is 34.7 Å². The molecule has 0 spiro atoms. The first-order valence-corrected chi connectivity index (χ1v) is 7.19. The summed E-state index contributed by atoms with van der Waals surface area (Å²) in [6, 6.07) is 0. The van der Waals surface area contributed by atoms with E-state index in [9.17, 15) is 4.79 Å². The van der Waals surface area contributed by atoms with E-state index in [4.69, 9.17) is 4.74 Å². The van der Waals surface area contributed by atoms with Crippen LogP contribution in [-0.2, 0) is 11.3 Å². The Bertz CT molecular complexity index is 495. The van der Waals surface area contributed by atoms with Crippen LogP contribution in [0.4, 0.5) is 5.69 Å². The highest BCUT2D eigenvalue weighted by atomic mass is 79.9. The summed E-state index contributed by atoms with van der Waals surface area (Å²) in [5, 5.41) is 7.34. The van der Waals surface area contributed by atoms with Gasteiger partial charge in [0.15, 0.2) is 0 Å². The van der Waals surface area contributed by atoms with Gasteiger partial charge in [-0.1, -0.05) is 6.08 Å². The summed E-state index contributed by atoms with van der Waals surface area (Å²) in [5.74, 6) is 0.625. The number of halogens is 1. The van der Waals surface area contributed by atoms with Crippen molar-refractivity contribution in [3.63, 3.8) is 0 Å². The highest BCUT2D eigenvalue weighted by Gasteiger charge is 2.15. The van der Waals surface area contributed by atoms with Crippen LogP contribution < -0.4 is 10.9 Å². The summed E-state index contributed by atoms with van der Waals surface area (Å²) in [5.41, 5.74) is 0.596. The van der Waals surface area contributed by atoms with E-state index in [1.165, 1.54) is 4.68 Å². The van der Waals surface area contributed by atoms with Gasteiger partial charge in [0.1, 0.15) is 4.47 Å². The zero-order valence-corrected chi connectivity index (χ0v) is 12.4. The molecular weight excluding hydrogens is 310 g/mol. The second-order valence-electron chi connectivity index (χ2n) is 4.59. The molecule has 5 nitrogen and oxygen atoms in total. The van der Waals surface area contributed by atoms with Crippen LogP contribution in [-0.4, -0.2) is 29.5 Å². The minimum Gasteiger partial charge on any atom is -0.383 e. The number of nitrogens with zero attached hydrogens (tertiary/aromatic N) is 2. The smallest absolute Gasteiger partial charge is 0.283 e. The molecule has 1 aromatic rings. The van der Waals surface area contributed by atoms with Gasteiger partial charge in [-0.25, -0.2) is 4.68 Å². The fourth-order valence-corrected chi connectivity index (χ4v) is 2.51. The molecule has 2 rings (SSSR count). The molecule has 2 heterocycles. The molecular formula is C13H18BrN3O2. The van der Waals surface area contributed by atoms with Gasteiger partial charge in [-0.15, -0.1) is 6.58 Å². The maximum atomic E-state index is 11.9. The van der Waals surface area contributed by atoms with Crippen LogP contribution in [0.5, 0.6) is 0 Å². The number of rotatable bonds is 6. The second kappa shape index (κ2) is 6.86. The van der Waals surface area contributed by atoms with Crippen molar-refractivity contribution in [1.82, 2.24) is 9.78 Å². The fourth-order valence-electron chi connectivity index (χ4n) is 2.06. The van der Waals surface area contributed by atoms with Crippen molar-refractivity contribution in [3.05, 3.63) is 33.7 Å². The normalized spacial score (nSPS) is 18.5. The van der Waals surface area contributed by atoms with Crippen molar-refractivity contribution >= 4 is 21.6 Å². The molecule has 6 heteroatoms. The van der Waals surface area contributed by atoms with Crippen LogP contribution in [0.15, 0.2) is 28.1 Å². The Hall–Kier alpha value is -1.14. The van der Waals surface area contributed by atoms with Crippen LogP contribution in [0.3, 0.4) is 0 Å². The molecule has 1 aliphatic rings. The molecule has 104 valence electrons. The van der Waals surface area contributed by atoms with Gasteiger partial charge >= 0.3 is 0 Å². The van der Waals surface area contributed by atoms with Crippen LogP contribution in [0, 0.1) is 5.92 Å². The van der Waals surface area contributed by atoms with Crippen molar-refractivity contribution in [2.75, 3.05) is 25.1 Å². The van der Waals surface area contributed by atoms with E-state index in [1.54, 1.807) is 12.3 Å². The van der Waals surface area contributed by atoms with Crippen molar-refractivity contribution < 1.29 is 4.74 Å². The Morgan fingerprint density at radius 3 is 3.21 bits per heavy atom. The highest BCUT2D eigenvalue weighted by Crippen LogP contribution is 2.19. The van der Waals surface area contributed by atoms with Gasteiger partial charge in [0.25, 0.3) is 5.56 Å². The number of ether oxygens (including phenoxy) is 1. The standard InChI is InChI=1S/C13H18BrN3O2/c1-2-6-17-13(18)12(14)11(8-16-17)15-5-3-10-4-7-19-9-10/h2,8,10,15H,1,3-7,9H2. The van der Waals surface area contributed by atoms with E-state index < -0.39 is 0 Å². The van der Waals surface area contributed by atoms with Crippen molar-refractivity contribution in [1.29, 1.82) is 0 Å². The fraction of sp³-hybridized carbons (Fsp3) is 0.538. The molecule has 0 radical (unpaired) electrons. The van der Waals surface area contributed by atoms with Crippen LogP contribution in [0.1, 0.15) is 12.8 Å². The minimum atomic E-state index is -0.144. The zero-order valence-electron chi connectivity index (χ0n) is 10.8. The molecule has 0 amide bonds. The molecule has 1 N–H and O–H groups in total. The quantitative estimate of drug-likeness (QED) is 0.812. The van der Waals surface area contributed by atoms with E-state index in [0.717, 1.165) is 38.3 Å². The number of hydrogen-bond donors (Lipinski definition) is 1. The van der Waals surface area contributed by atoms with Gasteiger partial charge in [0.05, 0.1) is 18.4 Å². The maximum absolute atomic E-state index is 11.9. The third kappa shape index (κ3) is 3.67. The third-order valence-corrected chi connectivity index (χ3v) is 3.95. The first kappa shape index (κ1) is 14.3. The Labute approximate surface area is 120 Å². The topological polar surface area (TPSA) is 56.1 Å². The van der Waals surface area contributed by atoms with E-state index in [1.807, 2.05) is 0 Å². The predicted octanol–water partition coefficient (Wildman–Crippen LogP) is 2.03. The SMILES string of the molecule is C=CCn1ncc(NCCC2CCOC2)c(Br)c1=O. The molecule has 0 aromatic carbocycles. The number of allylic oxidation sites excluding steroid dienone is 1. The summed E-state index contributed by atoms with van der Waals surface area (Å²) in [6.45, 7) is 6.55. The Morgan fingerprint density at radius 1 is 1.68 bits per heavy atom. The van der Waals surface area contributed by atoms with Crippen molar-refractivity contribution in [2.24, 2.45) is 5.92 Å². The lowest BCUT2D eigenvalue weighted by atomic mass is 10.1. The van der Waals surface area contributed by atoms with Crippen LogP contribution in [0.2, 0.25) is 0 Å². The Balaban J connectivity index is 1.94. The molecule has 0 bridgehead atoms. The molecule has 1 aliphatic heterocycles. The summed E-state index contributed by atoms with van der Waals surface area (Å²) in [4.78, 5) is 11.9. The van der Waals surface area contributed by atoms with Crippen LogP contribution in [0.25, 0.3) is 0 Å². The van der Waals surface area contributed by atoms with E-state index in [-0.39, 0.29) is 5.56 Å². The molecule has 0 saturated carbocycles. The van der Waals surface area contributed by atoms with Gasteiger partial charge in [0, 0.05) is 19.8 Å². The average molecular weight is 328 g/mol. The van der Waals surface area contributed by atoms with Crippen molar-refractivity contribution in [2.45, 2.75) is 19.4 Å². The lowest BCUT2D eigenvalue weighted by Crippen LogP contribution is -2.24. The number of nitrogens with one attached hydrogen (secondary N) is 1. The van der Waals surface area contributed by atoms with Crippen molar-refractivity contribution in [3.8, 4) is 0 Å². The summed E-state index contributed by atoms with van der Waals surface area (Å²) >= 11 is 3.32. The Morgan fingerprint density at radius 2 is 2.53 bits per heavy atom. The van der Waals surface area contributed by atoms with Crippen LogP contribution >= 0.6 is 15.9 Å². The number of anilines is 1. The van der Waals surface area contributed by atoms with E-state index in [2.05, 4.69) is 32.9 Å². The average Bonchev–Trinajstić information content (AvgIpc) is 2.91. The molecule has 1 saturated heterocycles. The summed E-state index contributed by atoms with van der Waals surface area (Å²) < 4.78 is 7.22. The lowest BCUT2D eigenvalue weighted by molar-refractivity contribution is 0.185. The molecule has 1 atom stereocenters. The van der Waals surface area contributed by atoms with Gasteiger partial charge < -0.3 is 10.1 Å². The first-order chi connectivity index (χ1) is 9.22. The monoisotopic (exact) mass is 327 g/mol. The maximum Gasteiger partial charge on any atom is 0.283 e. The second-order valence-corrected chi connectivity index (χ2v) is 5.39. The molecule has 1 fully saturated rings. The zero-order chi connectivity index (χ0) is 13.7. The first-order valence-electron chi connectivity index (χ1n) is 6.40. The van der Waals surface area contributed by atoms with E-state index in [0.29, 0.717) is 16.9 Å². The number of aromatic nitrogens is 2.